The number of halogens is 4. The molecule has 0 radical (unpaired) electrons. The topological polar surface area (TPSA) is 76.7 Å². The molecule has 0 aliphatic heterocycles. The van der Waals surface area contributed by atoms with Crippen LogP contribution in [-0.2, 0) is 6.18 Å². The van der Waals surface area contributed by atoms with Crippen LogP contribution in [0.3, 0.4) is 0 Å². The summed E-state index contributed by atoms with van der Waals surface area (Å²) in [5.74, 6) is 0.452. The normalized spacial score (nSPS) is 12.9. The van der Waals surface area contributed by atoms with Crippen LogP contribution in [0.15, 0.2) is 85.3 Å². The lowest BCUT2D eigenvalue weighted by molar-refractivity contribution is -0.137. The van der Waals surface area contributed by atoms with Crippen molar-refractivity contribution in [2.75, 3.05) is 11.9 Å². The van der Waals surface area contributed by atoms with Gasteiger partial charge in [-0.15, -0.1) is 12.4 Å². The first-order chi connectivity index (χ1) is 16.3. The van der Waals surface area contributed by atoms with E-state index in [9.17, 15) is 13.2 Å². The first-order valence-corrected chi connectivity index (χ1v) is 10.8. The van der Waals surface area contributed by atoms with E-state index in [-0.39, 0.29) is 24.4 Å². The second kappa shape index (κ2) is 11.3. The van der Waals surface area contributed by atoms with Crippen LogP contribution in [0.5, 0.6) is 0 Å². The zero-order valence-electron chi connectivity index (χ0n) is 18.9. The third-order valence-corrected chi connectivity index (χ3v) is 5.62. The van der Waals surface area contributed by atoms with E-state index in [0.29, 0.717) is 29.3 Å². The van der Waals surface area contributed by atoms with E-state index in [1.807, 2.05) is 37.3 Å². The molecule has 0 spiro atoms. The van der Waals surface area contributed by atoms with Crippen molar-refractivity contribution in [1.82, 2.24) is 15.0 Å². The molecule has 4 rings (SSSR count). The molecule has 0 aliphatic carbocycles. The van der Waals surface area contributed by atoms with Crippen molar-refractivity contribution in [3.05, 3.63) is 96.4 Å². The molecule has 0 amide bonds. The fourth-order valence-corrected chi connectivity index (χ4v) is 3.65. The van der Waals surface area contributed by atoms with Gasteiger partial charge in [0.05, 0.1) is 11.3 Å². The number of rotatable bonds is 7. The van der Waals surface area contributed by atoms with E-state index < -0.39 is 11.7 Å². The Kier molecular flexibility index (Phi) is 8.43. The molecule has 182 valence electrons. The predicted molar refractivity (Wildman–Crippen MR) is 134 cm³/mol. The number of anilines is 1. The van der Waals surface area contributed by atoms with E-state index in [1.54, 1.807) is 36.8 Å². The van der Waals surface area contributed by atoms with Gasteiger partial charge in [0, 0.05) is 42.3 Å². The van der Waals surface area contributed by atoms with Crippen molar-refractivity contribution in [2.45, 2.75) is 19.1 Å². The number of alkyl halides is 3. The van der Waals surface area contributed by atoms with Gasteiger partial charge in [-0.2, -0.15) is 13.2 Å². The SMILES string of the molecule is C[C@@H](CNc1ncc(-c2cccc(C(F)(F)F)c2)c(-c2ccncc2)n1)[C@H](N)c1ccccc1.Cl. The molecule has 35 heavy (non-hydrogen) atoms. The Bertz CT molecular complexity index is 1240. The summed E-state index contributed by atoms with van der Waals surface area (Å²) in [6.45, 7) is 2.56. The van der Waals surface area contributed by atoms with Crippen molar-refractivity contribution >= 4 is 18.4 Å². The van der Waals surface area contributed by atoms with Gasteiger partial charge in [0.1, 0.15) is 0 Å². The van der Waals surface area contributed by atoms with Crippen molar-refractivity contribution in [3.63, 3.8) is 0 Å². The average Bonchev–Trinajstić information content (AvgIpc) is 2.87. The van der Waals surface area contributed by atoms with Gasteiger partial charge in [-0.3, -0.25) is 4.98 Å². The molecule has 3 N–H and O–H groups in total. The summed E-state index contributed by atoms with van der Waals surface area (Å²) in [6, 6.07) is 18.3. The number of hydrogen-bond acceptors (Lipinski definition) is 5. The second-order valence-corrected chi connectivity index (χ2v) is 8.06. The molecule has 0 bridgehead atoms. The number of aromatic nitrogens is 3. The molecule has 0 aliphatic rings. The maximum absolute atomic E-state index is 13.3. The number of benzene rings is 2. The standard InChI is InChI=1S/C26H24F3N5.ClH/c1-17(23(30)18-6-3-2-4-7-18)15-32-25-33-16-22(24(34-25)19-10-12-31-13-11-19)20-8-5-9-21(14-20)26(27,28)29;/h2-14,16-17,23H,15,30H2,1H3,(H,32,33,34);1H/t17-,23-;/m0./s1. The maximum Gasteiger partial charge on any atom is 0.416 e. The Morgan fingerprint density at radius 2 is 1.66 bits per heavy atom. The maximum atomic E-state index is 13.3. The molecule has 4 aromatic rings. The van der Waals surface area contributed by atoms with Crippen LogP contribution in [0, 0.1) is 5.92 Å². The summed E-state index contributed by atoms with van der Waals surface area (Å²) < 4.78 is 39.8. The van der Waals surface area contributed by atoms with Crippen LogP contribution in [0.4, 0.5) is 19.1 Å². The molecule has 2 aromatic heterocycles. The molecule has 2 heterocycles. The first kappa shape index (κ1) is 26.1. The van der Waals surface area contributed by atoms with Gasteiger partial charge in [-0.1, -0.05) is 49.4 Å². The van der Waals surface area contributed by atoms with Crippen molar-refractivity contribution in [1.29, 1.82) is 0 Å². The monoisotopic (exact) mass is 499 g/mol. The minimum absolute atomic E-state index is 0. The lowest BCUT2D eigenvalue weighted by Crippen LogP contribution is -2.25. The van der Waals surface area contributed by atoms with Gasteiger partial charge in [0.15, 0.2) is 0 Å². The number of hydrogen-bond donors (Lipinski definition) is 2. The fourth-order valence-electron chi connectivity index (χ4n) is 3.65. The Morgan fingerprint density at radius 3 is 2.34 bits per heavy atom. The lowest BCUT2D eigenvalue weighted by atomic mass is 9.95. The quantitative estimate of drug-likeness (QED) is 0.308. The van der Waals surface area contributed by atoms with Gasteiger partial charge in [0.25, 0.3) is 0 Å². The van der Waals surface area contributed by atoms with E-state index >= 15 is 0 Å². The summed E-state index contributed by atoms with van der Waals surface area (Å²) in [5.41, 5.74) is 8.82. The molecule has 0 saturated heterocycles. The molecular weight excluding hydrogens is 475 g/mol. The number of nitrogens with zero attached hydrogens (tertiary/aromatic N) is 3. The van der Waals surface area contributed by atoms with Crippen LogP contribution in [0.25, 0.3) is 22.4 Å². The van der Waals surface area contributed by atoms with Crippen LogP contribution in [-0.4, -0.2) is 21.5 Å². The molecule has 5 nitrogen and oxygen atoms in total. The summed E-state index contributed by atoms with van der Waals surface area (Å²) in [7, 11) is 0. The Balaban J connectivity index is 0.00000342. The summed E-state index contributed by atoms with van der Waals surface area (Å²) in [4.78, 5) is 13.0. The zero-order chi connectivity index (χ0) is 24.1. The highest BCUT2D eigenvalue weighted by Crippen LogP contribution is 2.35. The third kappa shape index (κ3) is 6.35. The molecule has 0 saturated carbocycles. The highest BCUT2D eigenvalue weighted by atomic mass is 35.5. The summed E-state index contributed by atoms with van der Waals surface area (Å²) in [5, 5.41) is 3.22. The van der Waals surface area contributed by atoms with Gasteiger partial charge in [-0.05, 0) is 41.3 Å². The third-order valence-electron chi connectivity index (χ3n) is 5.62. The van der Waals surface area contributed by atoms with Gasteiger partial charge in [-0.25, -0.2) is 9.97 Å². The van der Waals surface area contributed by atoms with Crippen molar-refractivity contribution in [3.8, 4) is 22.4 Å². The number of pyridine rings is 1. The lowest BCUT2D eigenvalue weighted by Gasteiger charge is -2.21. The molecule has 0 unspecified atom stereocenters. The Morgan fingerprint density at radius 1 is 0.943 bits per heavy atom. The van der Waals surface area contributed by atoms with Crippen molar-refractivity contribution in [2.24, 2.45) is 11.7 Å². The Labute approximate surface area is 208 Å². The number of nitrogens with one attached hydrogen (secondary N) is 1. The van der Waals surface area contributed by atoms with Gasteiger partial charge < -0.3 is 11.1 Å². The highest BCUT2D eigenvalue weighted by molar-refractivity contribution is 5.85. The van der Waals surface area contributed by atoms with Crippen molar-refractivity contribution < 1.29 is 13.2 Å². The molecule has 2 aromatic carbocycles. The summed E-state index contributed by atoms with van der Waals surface area (Å²) >= 11 is 0. The van der Waals surface area contributed by atoms with Crippen LogP contribution in [0.2, 0.25) is 0 Å². The predicted octanol–water partition coefficient (Wildman–Crippen LogP) is 6.39. The molecule has 2 atom stereocenters. The van der Waals surface area contributed by atoms with E-state index in [2.05, 4.69) is 20.3 Å². The minimum Gasteiger partial charge on any atom is -0.354 e. The summed E-state index contributed by atoms with van der Waals surface area (Å²) in [6.07, 6.45) is 0.327. The molecule has 0 fully saturated rings. The van der Waals surface area contributed by atoms with Crippen LogP contribution in [0.1, 0.15) is 24.1 Å². The average molecular weight is 500 g/mol. The van der Waals surface area contributed by atoms with E-state index in [1.165, 1.54) is 6.07 Å². The molecule has 9 heteroatoms. The first-order valence-electron chi connectivity index (χ1n) is 10.8. The van der Waals surface area contributed by atoms with Gasteiger partial charge in [0.2, 0.25) is 5.95 Å². The van der Waals surface area contributed by atoms with E-state index in [4.69, 9.17) is 5.73 Å². The fraction of sp³-hybridized carbons (Fsp3) is 0.192. The minimum atomic E-state index is -4.44. The van der Waals surface area contributed by atoms with Gasteiger partial charge >= 0.3 is 6.18 Å². The van der Waals surface area contributed by atoms with Crippen LogP contribution >= 0.6 is 12.4 Å². The number of nitrogens with two attached hydrogens (primary N) is 1. The highest BCUT2D eigenvalue weighted by Gasteiger charge is 2.30. The second-order valence-electron chi connectivity index (χ2n) is 8.06. The van der Waals surface area contributed by atoms with Crippen LogP contribution < -0.4 is 11.1 Å². The molecular formula is C26H25ClF3N5. The Hall–Kier alpha value is -3.49. The van der Waals surface area contributed by atoms with E-state index in [0.717, 1.165) is 23.3 Å². The smallest absolute Gasteiger partial charge is 0.354 e. The largest absolute Gasteiger partial charge is 0.416 e. The zero-order valence-corrected chi connectivity index (χ0v) is 19.7.